The van der Waals surface area contributed by atoms with Crippen molar-refractivity contribution >= 4 is 11.9 Å². The number of hydrogen-bond acceptors (Lipinski definition) is 3. The summed E-state index contributed by atoms with van der Waals surface area (Å²) in [6.07, 6.45) is 2.56. The molecule has 6 heteroatoms. The second-order valence-corrected chi connectivity index (χ2v) is 6.50. The molecule has 0 bridgehead atoms. The maximum atomic E-state index is 11.2. The molecule has 0 radical (unpaired) electrons. The van der Waals surface area contributed by atoms with Gasteiger partial charge in [-0.05, 0) is 36.8 Å². The number of nitrogens with one attached hydrogen (secondary N) is 1. The fourth-order valence-electron chi connectivity index (χ4n) is 3.30. The smallest absolute Gasteiger partial charge is 0.217 e. The van der Waals surface area contributed by atoms with E-state index >= 15 is 0 Å². The van der Waals surface area contributed by atoms with Gasteiger partial charge in [0, 0.05) is 33.2 Å². The lowest BCUT2D eigenvalue weighted by Gasteiger charge is -2.34. The highest BCUT2D eigenvalue weighted by atomic mass is 16.5. The van der Waals surface area contributed by atoms with Crippen molar-refractivity contribution in [2.45, 2.75) is 39.3 Å². The van der Waals surface area contributed by atoms with Gasteiger partial charge in [0.25, 0.3) is 0 Å². The Kier molecular flexibility index (Phi) is 7.73. The SMILES string of the molecule is CCNC(=NCc1ccccc1COC)N1CCCC(CC(N)=O)C1. The number of methoxy groups -OCH3 is 1. The van der Waals surface area contributed by atoms with Gasteiger partial charge in [-0.3, -0.25) is 4.79 Å². The van der Waals surface area contributed by atoms with Crippen molar-refractivity contribution in [3.8, 4) is 0 Å². The standard InChI is InChI=1S/C19H30N4O2/c1-3-21-19(23-10-6-7-15(13-23)11-18(20)24)22-12-16-8-4-5-9-17(16)14-25-2/h4-5,8-9,15H,3,6-7,10-14H2,1-2H3,(H2,20,24)(H,21,22). The quantitative estimate of drug-likeness (QED) is 0.584. The van der Waals surface area contributed by atoms with Gasteiger partial charge in [0.05, 0.1) is 13.2 Å². The molecule has 1 saturated heterocycles. The van der Waals surface area contributed by atoms with Crippen LogP contribution in [-0.4, -0.2) is 43.5 Å². The van der Waals surface area contributed by atoms with Crippen molar-refractivity contribution in [2.24, 2.45) is 16.6 Å². The number of guanidine groups is 1. The number of piperidine rings is 1. The first-order chi connectivity index (χ1) is 12.1. The number of aliphatic imine (C=N–C) groups is 1. The van der Waals surface area contributed by atoms with Crippen LogP contribution in [0.3, 0.4) is 0 Å². The van der Waals surface area contributed by atoms with E-state index in [1.54, 1.807) is 7.11 Å². The molecular formula is C19H30N4O2. The maximum Gasteiger partial charge on any atom is 0.217 e. The van der Waals surface area contributed by atoms with Crippen LogP contribution in [0.5, 0.6) is 0 Å². The van der Waals surface area contributed by atoms with Gasteiger partial charge in [0.15, 0.2) is 5.96 Å². The molecule has 1 aliphatic heterocycles. The lowest BCUT2D eigenvalue weighted by Crippen LogP contribution is -2.47. The van der Waals surface area contributed by atoms with E-state index in [-0.39, 0.29) is 5.91 Å². The molecule has 1 aromatic carbocycles. The summed E-state index contributed by atoms with van der Waals surface area (Å²) in [7, 11) is 1.71. The van der Waals surface area contributed by atoms with Crippen molar-refractivity contribution in [2.75, 3.05) is 26.7 Å². The molecular weight excluding hydrogens is 316 g/mol. The Morgan fingerprint density at radius 1 is 1.40 bits per heavy atom. The Labute approximate surface area is 150 Å². The number of carbonyl (C=O) groups is 1. The molecule has 0 spiro atoms. The van der Waals surface area contributed by atoms with E-state index in [0.717, 1.165) is 44.0 Å². The second kappa shape index (κ2) is 10.0. The first-order valence-electron chi connectivity index (χ1n) is 9.01. The fraction of sp³-hybridized carbons (Fsp3) is 0.579. The minimum Gasteiger partial charge on any atom is -0.380 e. The molecule has 0 saturated carbocycles. The number of ether oxygens (including phenoxy) is 1. The van der Waals surface area contributed by atoms with Gasteiger partial charge < -0.3 is 20.7 Å². The van der Waals surface area contributed by atoms with Crippen molar-refractivity contribution in [3.63, 3.8) is 0 Å². The summed E-state index contributed by atoms with van der Waals surface area (Å²) < 4.78 is 5.27. The lowest BCUT2D eigenvalue weighted by molar-refractivity contribution is -0.119. The minimum atomic E-state index is -0.220. The number of benzene rings is 1. The molecule has 1 aromatic rings. The summed E-state index contributed by atoms with van der Waals surface area (Å²) in [6, 6.07) is 8.21. The predicted molar refractivity (Wildman–Crippen MR) is 100 cm³/mol. The first kappa shape index (κ1) is 19.2. The Balaban J connectivity index is 2.08. The zero-order valence-corrected chi connectivity index (χ0v) is 15.3. The van der Waals surface area contributed by atoms with Crippen LogP contribution in [0.25, 0.3) is 0 Å². The average molecular weight is 346 g/mol. The van der Waals surface area contributed by atoms with Crippen LogP contribution in [-0.2, 0) is 22.7 Å². The van der Waals surface area contributed by atoms with Crippen molar-refractivity contribution < 1.29 is 9.53 Å². The summed E-state index contributed by atoms with van der Waals surface area (Å²) >= 11 is 0. The topological polar surface area (TPSA) is 80.0 Å². The van der Waals surface area contributed by atoms with Crippen LogP contribution in [0, 0.1) is 5.92 Å². The fourth-order valence-corrected chi connectivity index (χ4v) is 3.30. The second-order valence-electron chi connectivity index (χ2n) is 6.50. The van der Waals surface area contributed by atoms with E-state index in [4.69, 9.17) is 15.5 Å². The van der Waals surface area contributed by atoms with Gasteiger partial charge >= 0.3 is 0 Å². The van der Waals surface area contributed by atoms with Gasteiger partial charge in [-0.1, -0.05) is 24.3 Å². The summed E-state index contributed by atoms with van der Waals surface area (Å²) in [5.74, 6) is 1.00. The number of nitrogens with zero attached hydrogens (tertiary/aromatic N) is 2. The van der Waals surface area contributed by atoms with Crippen LogP contribution in [0.1, 0.15) is 37.3 Å². The van der Waals surface area contributed by atoms with Crippen LogP contribution in [0.15, 0.2) is 29.3 Å². The zero-order valence-electron chi connectivity index (χ0n) is 15.3. The number of hydrogen-bond donors (Lipinski definition) is 2. The number of primary amides is 1. The van der Waals surface area contributed by atoms with E-state index in [9.17, 15) is 4.79 Å². The minimum absolute atomic E-state index is 0.220. The number of nitrogens with two attached hydrogens (primary N) is 1. The van der Waals surface area contributed by atoms with Crippen LogP contribution in [0.4, 0.5) is 0 Å². The van der Waals surface area contributed by atoms with Gasteiger partial charge in [-0.25, -0.2) is 4.99 Å². The molecule has 1 aliphatic rings. The molecule has 1 unspecified atom stereocenters. The molecule has 25 heavy (non-hydrogen) atoms. The van der Waals surface area contributed by atoms with Gasteiger partial charge in [0.2, 0.25) is 5.91 Å². The van der Waals surface area contributed by atoms with E-state index in [1.165, 1.54) is 5.56 Å². The van der Waals surface area contributed by atoms with Crippen molar-refractivity contribution in [1.82, 2.24) is 10.2 Å². The molecule has 6 nitrogen and oxygen atoms in total. The zero-order chi connectivity index (χ0) is 18.1. The third-order valence-corrected chi connectivity index (χ3v) is 4.46. The highest BCUT2D eigenvalue weighted by Crippen LogP contribution is 2.20. The molecule has 1 heterocycles. The Hall–Kier alpha value is -2.08. The van der Waals surface area contributed by atoms with E-state index in [2.05, 4.69) is 29.3 Å². The van der Waals surface area contributed by atoms with Crippen molar-refractivity contribution in [3.05, 3.63) is 35.4 Å². The maximum absolute atomic E-state index is 11.2. The van der Waals surface area contributed by atoms with Crippen LogP contribution >= 0.6 is 0 Å². The predicted octanol–water partition coefficient (Wildman–Crippen LogP) is 1.89. The number of amides is 1. The van der Waals surface area contributed by atoms with Crippen LogP contribution in [0.2, 0.25) is 0 Å². The summed E-state index contributed by atoms with van der Waals surface area (Å²) in [6.45, 7) is 5.87. The molecule has 1 atom stereocenters. The highest BCUT2D eigenvalue weighted by molar-refractivity contribution is 5.80. The first-order valence-corrected chi connectivity index (χ1v) is 9.01. The molecule has 0 aliphatic carbocycles. The van der Waals surface area contributed by atoms with E-state index < -0.39 is 0 Å². The number of rotatable bonds is 7. The van der Waals surface area contributed by atoms with Gasteiger partial charge in [0.1, 0.15) is 0 Å². The molecule has 2 rings (SSSR count). The van der Waals surface area contributed by atoms with Gasteiger partial charge in [-0.15, -0.1) is 0 Å². The number of carbonyl (C=O) groups excluding carboxylic acids is 1. The normalized spacial score (nSPS) is 18.2. The monoisotopic (exact) mass is 346 g/mol. The molecule has 1 amide bonds. The molecule has 1 fully saturated rings. The summed E-state index contributed by atoms with van der Waals surface area (Å²) in [4.78, 5) is 18.3. The third-order valence-electron chi connectivity index (χ3n) is 4.46. The third kappa shape index (κ3) is 6.05. The Morgan fingerprint density at radius 2 is 2.16 bits per heavy atom. The molecule has 0 aromatic heterocycles. The molecule has 3 N–H and O–H groups in total. The van der Waals surface area contributed by atoms with Crippen molar-refractivity contribution in [1.29, 1.82) is 0 Å². The summed E-state index contributed by atoms with van der Waals surface area (Å²) in [5.41, 5.74) is 7.70. The summed E-state index contributed by atoms with van der Waals surface area (Å²) in [5, 5.41) is 3.38. The van der Waals surface area contributed by atoms with E-state index in [0.29, 0.717) is 25.5 Å². The average Bonchev–Trinajstić information content (AvgIpc) is 2.59. The Morgan fingerprint density at radius 3 is 2.84 bits per heavy atom. The number of likely N-dealkylation sites (tertiary alicyclic amines) is 1. The lowest BCUT2D eigenvalue weighted by atomic mass is 9.95. The van der Waals surface area contributed by atoms with E-state index in [1.807, 2.05) is 12.1 Å². The highest BCUT2D eigenvalue weighted by Gasteiger charge is 2.23. The Bertz CT molecular complexity index is 589. The largest absolute Gasteiger partial charge is 0.380 e. The van der Waals surface area contributed by atoms with Crippen LogP contribution < -0.4 is 11.1 Å². The molecule has 138 valence electrons. The van der Waals surface area contributed by atoms with Gasteiger partial charge in [-0.2, -0.15) is 0 Å².